The standard InChI is InChI=1S/C20H21N5O4/c26-18(21-10-9-17-22-14-5-1-2-6-15(14)23-17)8-7-16-19(27)25(20(28)24-16)12-13-4-3-11-29-13/h1-6,11,16H,7-10,12H2,(H,21,26)(H,22,23)(H,24,28). The molecule has 9 nitrogen and oxygen atoms in total. The third kappa shape index (κ3) is 4.29. The Bertz CT molecular complexity index is 994. The Morgan fingerprint density at radius 1 is 1.21 bits per heavy atom. The predicted molar refractivity (Wildman–Crippen MR) is 104 cm³/mol. The number of para-hydroxylation sites is 2. The molecule has 0 bridgehead atoms. The van der Waals surface area contributed by atoms with Gasteiger partial charge in [-0.1, -0.05) is 12.1 Å². The highest BCUT2D eigenvalue weighted by Crippen LogP contribution is 2.15. The van der Waals surface area contributed by atoms with Gasteiger partial charge in [0.25, 0.3) is 5.91 Å². The van der Waals surface area contributed by atoms with Gasteiger partial charge in [0.15, 0.2) is 0 Å². The summed E-state index contributed by atoms with van der Waals surface area (Å²) in [6.07, 6.45) is 2.46. The minimum Gasteiger partial charge on any atom is -0.467 e. The van der Waals surface area contributed by atoms with Gasteiger partial charge in [0.1, 0.15) is 17.6 Å². The number of carbonyl (C=O) groups is 3. The largest absolute Gasteiger partial charge is 0.467 e. The summed E-state index contributed by atoms with van der Waals surface area (Å²) < 4.78 is 5.18. The summed E-state index contributed by atoms with van der Waals surface area (Å²) in [5.74, 6) is 0.810. The lowest BCUT2D eigenvalue weighted by Crippen LogP contribution is -2.33. The van der Waals surface area contributed by atoms with Crippen LogP contribution in [0, 0.1) is 0 Å². The van der Waals surface area contributed by atoms with E-state index in [0.717, 1.165) is 21.8 Å². The minimum atomic E-state index is -0.696. The minimum absolute atomic E-state index is 0.0812. The topological polar surface area (TPSA) is 120 Å². The van der Waals surface area contributed by atoms with E-state index in [0.29, 0.717) is 18.7 Å². The van der Waals surface area contributed by atoms with Crippen LogP contribution >= 0.6 is 0 Å². The van der Waals surface area contributed by atoms with Gasteiger partial charge in [-0.15, -0.1) is 0 Å². The highest BCUT2D eigenvalue weighted by atomic mass is 16.3. The predicted octanol–water partition coefficient (Wildman–Crippen LogP) is 1.72. The Morgan fingerprint density at radius 3 is 2.86 bits per heavy atom. The molecule has 1 aromatic carbocycles. The molecule has 1 aliphatic rings. The molecular formula is C20H21N5O4. The van der Waals surface area contributed by atoms with E-state index in [1.165, 1.54) is 6.26 Å². The molecule has 4 rings (SSSR count). The maximum absolute atomic E-state index is 12.4. The Balaban J connectivity index is 1.21. The van der Waals surface area contributed by atoms with Crippen LogP contribution in [0.15, 0.2) is 47.1 Å². The summed E-state index contributed by atoms with van der Waals surface area (Å²) in [5.41, 5.74) is 1.85. The number of urea groups is 1. The number of hydrogen-bond donors (Lipinski definition) is 3. The first-order chi connectivity index (χ1) is 14.1. The van der Waals surface area contributed by atoms with E-state index in [-0.39, 0.29) is 31.2 Å². The van der Waals surface area contributed by atoms with Crippen molar-refractivity contribution < 1.29 is 18.8 Å². The zero-order valence-corrected chi connectivity index (χ0v) is 15.7. The lowest BCUT2D eigenvalue weighted by molar-refractivity contribution is -0.128. The van der Waals surface area contributed by atoms with Crippen LogP contribution < -0.4 is 10.6 Å². The number of rotatable bonds is 8. The Kier molecular flexibility index (Phi) is 5.28. The Morgan fingerprint density at radius 2 is 2.07 bits per heavy atom. The van der Waals surface area contributed by atoms with Crippen molar-refractivity contribution in [3.05, 3.63) is 54.2 Å². The van der Waals surface area contributed by atoms with Crippen molar-refractivity contribution in [3.8, 4) is 0 Å². The molecule has 0 radical (unpaired) electrons. The van der Waals surface area contributed by atoms with Crippen LogP contribution in [-0.4, -0.2) is 45.3 Å². The molecule has 3 aromatic rings. The molecule has 1 fully saturated rings. The first-order valence-electron chi connectivity index (χ1n) is 9.45. The molecule has 4 amide bonds. The Hall–Kier alpha value is -3.62. The lowest BCUT2D eigenvalue weighted by atomic mass is 10.1. The smallest absolute Gasteiger partial charge is 0.325 e. The number of hydrogen-bond acceptors (Lipinski definition) is 5. The molecule has 2 aromatic heterocycles. The van der Waals surface area contributed by atoms with Gasteiger partial charge in [-0.3, -0.25) is 14.5 Å². The number of amides is 4. The summed E-state index contributed by atoms with van der Waals surface area (Å²) in [4.78, 5) is 45.3. The number of fused-ring (bicyclic) bond motifs is 1. The van der Waals surface area contributed by atoms with Gasteiger partial charge in [0.2, 0.25) is 5.91 Å². The molecule has 3 N–H and O–H groups in total. The van der Waals surface area contributed by atoms with Crippen molar-refractivity contribution in [2.45, 2.75) is 31.8 Å². The van der Waals surface area contributed by atoms with Gasteiger partial charge < -0.3 is 20.0 Å². The Labute approximate surface area is 166 Å². The second-order valence-corrected chi connectivity index (χ2v) is 6.85. The molecular weight excluding hydrogens is 374 g/mol. The number of nitrogens with zero attached hydrogens (tertiary/aromatic N) is 2. The van der Waals surface area contributed by atoms with E-state index in [4.69, 9.17) is 4.42 Å². The van der Waals surface area contributed by atoms with E-state index in [1.807, 2.05) is 24.3 Å². The maximum Gasteiger partial charge on any atom is 0.325 e. The number of benzene rings is 1. The summed E-state index contributed by atoms with van der Waals surface area (Å²) in [6, 6.07) is 9.96. The molecule has 3 heterocycles. The molecule has 9 heteroatoms. The van der Waals surface area contributed by atoms with Crippen molar-refractivity contribution in [2.24, 2.45) is 0 Å². The van der Waals surface area contributed by atoms with Crippen LogP contribution in [0.25, 0.3) is 11.0 Å². The highest BCUT2D eigenvalue weighted by Gasteiger charge is 2.38. The number of aromatic nitrogens is 2. The zero-order valence-electron chi connectivity index (χ0n) is 15.7. The molecule has 1 saturated heterocycles. The fraction of sp³-hybridized carbons (Fsp3) is 0.300. The molecule has 1 atom stereocenters. The van der Waals surface area contributed by atoms with Crippen molar-refractivity contribution in [1.82, 2.24) is 25.5 Å². The van der Waals surface area contributed by atoms with Crippen LogP contribution in [-0.2, 0) is 22.6 Å². The number of carbonyl (C=O) groups excluding carboxylic acids is 3. The van der Waals surface area contributed by atoms with Crippen LogP contribution in [0.5, 0.6) is 0 Å². The molecule has 1 aliphatic heterocycles. The average molecular weight is 395 g/mol. The monoisotopic (exact) mass is 395 g/mol. The summed E-state index contributed by atoms with van der Waals surface area (Å²) in [5, 5.41) is 5.44. The second kappa shape index (κ2) is 8.17. The first-order valence-corrected chi connectivity index (χ1v) is 9.45. The van der Waals surface area contributed by atoms with Gasteiger partial charge in [0.05, 0.1) is 23.8 Å². The van der Waals surface area contributed by atoms with Gasteiger partial charge in [-0.2, -0.15) is 0 Å². The molecule has 0 aliphatic carbocycles. The van der Waals surface area contributed by atoms with Crippen molar-refractivity contribution in [2.75, 3.05) is 6.54 Å². The number of aromatic amines is 1. The van der Waals surface area contributed by atoms with Gasteiger partial charge >= 0.3 is 6.03 Å². The number of H-pyrrole nitrogens is 1. The normalized spacial score (nSPS) is 16.4. The molecule has 0 spiro atoms. The highest BCUT2D eigenvalue weighted by molar-refractivity contribution is 6.04. The fourth-order valence-corrected chi connectivity index (χ4v) is 3.29. The van der Waals surface area contributed by atoms with Crippen molar-refractivity contribution >= 4 is 28.9 Å². The van der Waals surface area contributed by atoms with E-state index >= 15 is 0 Å². The van der Waals surface area contributed by atoms with E-state index in [2.05, 4.69) is 20.6 Å². The second-order valence-electron chi connectivity index (χ2n) is 6.85. The fourth-order valence-electron chi connectivity index (χ4n) is 3.29. The van der Waals surface area contributed by atoms with Crippen molar-refractivity contribution in [3.63, 3.8) is 0 Å². The molecule has 0 saturated carbocycles. The quantitative estimate of drug-likeness (QED) is 0.502. The van der Waals surface area contributed by atoms with Crippen molar-refractivity contribution in [1.29, 1.82) is 0 Å². The number of furan rings is 1. The van der Waals surface area contributed by atoms with Crippen LogP contribution in [0.3, 0.4) is 0 Å². The van der Waals surface area contributed by atoms with E-state index in [9.17, 15) is 14.4 Å². The lowest BCUT2D eigenvalue weighted by Gasteiger charge is -2.11. The third-order valence-electron chi connectivity index (χ3n) is 4.78. The van der Waals surface area contributed by atoms with Gasteiger partial charge in [-0.25, -0.2) is 9.78 Å². The molecule has 1 unspecified atom stereocenters. The number of nitrogens with one attached hydrogen (secondary N) is 3. The van der Waals surface area contributed by atoms with Crippen LogP contribution in [0.2, 0.25) is 0 Å². The van der Waals surface area contributed by atoms with E-state index in [1.54, 1.807) is 12.1 Å². The van der Waals surface area contributed by atoms with Crippen LogP contribution in [0.4, 0.5) is 4.79 Å². The summed E-state index contributed by atoms with van der Waals surface area (Å²) in [6.45, 7) is 0.520. The van der Waals surface area contributed by atoms with Gasteiger partial charge in [-0.05, 0) is 30.7 Å². The third-order valence-corrected chi connectivity index (χ3v) is 4.78. The van der Waals surface area contributed by atoms with Gasteiger partial charge in [0, 0.05) is 19.4 Å². The number of imidazole rings is 1. The summed E-state index contributed by atoms with van der Waals surface area (Å²) in [7, 11) is 0. The zero-order chi connectivity index (χ0) is 20.2. The summed E-state index contributed by atoms with van der Waals surface area (Å²) >= 11 is 0. The average Bonchev–Trinajstić information content (AvgIpc) is 3.42. The molecule has 29 heavy (non-hydrogen) atoms. The van der Waals surface area contributed by atoms with E-state index < -0.39 is 12.1 Å². The first kappa shape index (κ1) is 18.7. The SMILES string of the molecule is O=C(CCC1NC(=O)N(Cc2ccco2)C1=O)NCCc1nc2ccccc2[nH]1. The maximum atomic E-state index is 12.4. The molecule has 150 valence electrons. The van der Waals surface area contributed by atoms with Crippen LogP contribution in [0.1, 0.15) is 24.4 Å². The number of imide groups is 1.